The monoisotopic (exact) mass is 197 g/mol. The van der Waals surface area contributed by atoms with E-state index in [2.05, 4.69) is 16.8 Å². The number of benzene rings is 1. The molecule has 0 radical (unpaired) electrons. The molecule has 0 aromatic heterocycles. The molecule has 0 saturated heterocycles. The van der Waals surface area contributed by atoms with Crippen LogP contribution >= 0.6 is 0 Å². The van der Waals surface area contributed by atoms with Gasteiger partial charge in [-0.05, 0) is 11.6 Å². The van der Waals surface area contributed by atoms with Crippen LogP contribution in [0.4, 0.5) is 10.1 Å². The Hall–Kier alpha value is -0.845. The fraction of sp³-hybridized carbons (Fsp3) is 0.143. The Morgan fingerprint density at radius 2 is 2.38 bits per heavy atom. The molecule has 0 bridgehead atoms. The zero-order valence-corrected chi connectivity index (χ0v) is 7.34. The molecule has 66 valence electrons. The van der Waals surface area contributed by atoms with Crippen molar-refractivity contribution in [2.24, 2.45) is 4.36 Å². The molecule has 3 nitrogen and oxygen atoms in total. The highest BCUT2D eigenvalue weighted by molar-refractivity contribution is 7.47. The van der Waals surface area contributed by atoms with Crippen LogP contribution in [0.2, 0.25) is 0 Å². The van der Waals surface area contributed by atoms with Crippen LogP contribution in [0.25, 0.3) is 0 Å². The van der Waals surface area contributed by atoms with Gasteiger partial charge in [0.2, 0.25) is 0 Å². The Morgan fingerprint density at radius 1 is 1.62 bits per heavy atom. The van der Waals surface area contributed by atoms with E-state index in [1.807, 2.05) is 0 Å². The van der Waals surface area contributed by atoms with E-state index in [1.54, 1.807) is 6.07 Å². The van der Waals surface area contributed by atoms with Crippen LogP contribution in [0, 0.1) is 5.82 Å². The van der Waals surface area contributed by atoms with Gasteiger partial charge >= 0.3 is 7.12 Å². The van der Waals surface area contributed by atoms with Crippen LogP contribution in [-0.4, -0.2) is 12.1 Å². The molecule has 0 saturated carbocycles. The minimum atomic E-state index is -1.19. The third-order valence-corrected chi connectivity index (χ3v) is 2.19. The van der Waals surface area contributed by atoms with E-state index in [9.17, 15) is 9.41 Å². The average molecular weight is 197 g/mol. The van der Waals surface area contributed by atoms with Gasteiger partial charge in [-0.25, -0.2) is 4.39 Å². The van der Waals surface area contributed by atoms with Crippen molar-refractivity contribution in [2.75, 3.05) is 0 Å². The van der Waals surface area contributed by atoms with Gasteiger partial charge in [-0.3, -0.25) is 0 Å². The van der Waals surface area contributed by atoms with Gasteiger partial charge in [0.15, 0.2) is 0 Å². The van der Waals surface area contributed by atoms with Crippen LogP contribution < -0.4 is 5.46 Å². The molecular weight excluding hydrogens is 192 g/mol. The first-order chi connectivity index (χ1) is 6.24. The van der Waals surface area contributed by atoms with Gasteiger partial charge < -0.3 is 9.68 Å². The number of rotatable bonds is 1. The maximum Gasteiger partial charge on any atom is 0.494 e. The van der Waals surface area contributed by atoms with Gasteiger partial charge in [-0.15, -0.1) is 0 Å². The molecule has 6 heteroatoms. The van der Waals surface area contributed by atoms with E-state index in [1.165, 1.54) is 6.07 Å². The topological polar surface area (TPSA) is 41.8 Å². The lowest BCUT2D eigenvalue weighted by molar-refractivity contribution is 0.275. The lowest BCUT2D eigenvalue weighted by atomic mass is 9.79. The molecular formula is C7H5BFNO2S. The Labute approximate surface area is 79.8 Å². The molecule has 1 aliphatic rings. The van der Waals surface area contributed by atoms with E-state index in [4.69, 9.17) is 4.65 Å². The first-order valence-corrected chi connectivity index (χ1v) is 4.05. The van der Waals surface area contributed by atoms with E-state index in [0.29, 0.717) is 5.56 Å². The summed E-state index contributed by atoms with van der Waals surface area (Å²) in [4.78, 5) is 0. The van der Waals surface area contributed by atoms with Crippen LogP contribution in [0.1, 0.15) is 5.56 Å². The van der Waals surface area contributed by atoms with Crippen molar-refractivity contribution in [1.29, 1.82) is 0 Å². The van der Waals surface area contributed by atoms with Crippen molar-refractivity contribution < 1.29 is 14.1 Å². The number of hydrogen-bond acceptors (Lipinski definition) is 4. The minimum absolute atomic E-state index is 0.0679. The molecule has 1 N–H and O–H groups in total. The molecule has 0 atom stereocenters. The molecule has 0 fully saturated rings. The predicted molar refractivity (Wildman–Crippen MR) is 48.2 cm³/mol. The fourth-order valence-corrected chi connectivity index (χ4v) is 1.48. The van der Waals surface area contributed by atoms with Crippen LogP contribution in [0.3, 0.4) is 0 Å². The van der Waals surface area contributed by atoms with Gasteiger partial charge in [-0.2, -0.15) is 4.36 Å². The molecule has 1 aliphatic heterocycles. The van der Waals surface area contributed by atoms with Gasteiger partial charge in [0, 0.05) is 17.9 Å². The molecule has 0 unspecified atom stereocenters. The Balaban J connectivity index is 2.62. The second-order valence-corrected chi connectivity index (χ2v) is 2.91. The fourth-order valence-electron chi connectivity index (χ4n) is 1.34. The molecule has 0 spiro atoms. The van der Waals surface area contributed by atoms with E-state index in [-0.39, 0.29) is 17.8 Å². The molecule has 0 aliphatic carbocycles. The number of hydrogen-bond donors (Lipinski definition) is 1. The first-order valence-electron chi connectivity index (χ1n) is 3.68. The van der Waals surface area contributed by atoms with E-state index in [0.717, 1.165) is 0 Å². The third kappa shape index (κ3) is 1.27. The Morgan fingerprint density at radius 3 is 3.08 bits per heavy atom. The summed E-state index contributed by atoms with van der Waals surface area (Å²) in [6.07, 6.45) is 0. The lowest BCUT2D eigenvalue weighted by Gasteiger charge is -2.01. The maximum absolute atomic E-state index is 13.4. The molecule has 1 aromatic rings. The van der Waals surface area contributed by atoms with E-state index >= 15 is 0 Å². The highest BCUT2D eigenvalue weighted by atomic mass is 32.1. The molecule has 13 heavy (non-hydrogen) atoms. The van der Waals surface area contributed by atoms with Gasteiger partial charge in [0.05, 0.1) is 6.61 Å². The number of fused-ring (bicyclic) bond motifs is 1. The van der Waals surface area contributed by atoms with E-state index < -0.39 is 12.9 Å². The highest BCUT2D eigenvalue weighted by Gasteiger charge is 2.31. The average Bonchev–Trinajstić information content (AvgIpc) is 2.49. The second kappa shape index (κ2) is 3.14. The van der Waals surface area contributed by atoms with Crippen LogP contribution in [0.5, 0.6) is 0 Å². The first kappa shape index (κ1) is 8.74. The SMILES string of the molecule is OB1OCc2ccc(N=S)c(F)c21. The third-order valence-electron chi connectivity index (χ3n) is 1.99. The van der Waals surface area contributed by atoms with Crippen LogP contribution in [-0.2, 0) is 23.7 Å². The predicted octanol–water partition coefficient (Wildman–Crippen LogP) is 0.405. The highest BCUT2D eigenvalue weighted by Crippen LogP contribution is 2.20. The van der Waals surface area contributed by atoms with Crippen molar-refractivity contribution in [3.05, 3.63) is 23.5 Å². The van der Waals surface area contributed by atoms with Crippen molar-refractivity contribution in [3.63, 3.8) is 0 Å². The molecule has 0 amide bonds. The second-order valence-electron chi connectivity index (χ2n) is 2.73. The zero-order valence-electron chi connectivity index (χ0n) is 6.53. The maximum atomic E-state index is 13.4. The smallest absolute Gasteiger partial charge is 0.423 e. The summed E-state index contributed by atoms with van der Waals surface area (Å²) in [6, 6.07) is 3.13. The quantitative estimate of drug-likeness (QED) is 0.662. The summed E-state index contributed by atoms with van der Waals surface area (Å²) in [5.41, 5.74) is 0.872. The van der Waals surface area contributed by atoms with Crippen molar-refractivity contribution in [2.45, 2.75) is 6.61 Å². The Bertz CT molecular complexity index is 374. The standard InChI is InChI=1S/C7H5BFNO2S/c9-7-5(10-13)2-1-4-3-12-8(11)6(4)7/h1-2,11H,3H2. The minimum Gasteiger partial charge on any atom is -0.423 e. The van der Waals surface area contributed by atoms with Crippen molar-refractivity contribution in [3.8, 4) is 0 Å². The number of halogens is 1. The summed E-state index contributed by atoms with van der Waals surface area (Å²) in [5, 5.41) is 9.24. The summed E-state index contributed by atoms with van der Waals surface area (Å²) in [5.74, 6) is -0.586. The Kier molecular flexibility index (Phi) is 2.11. The zero-order chi connectivity index (χ0) is 9.42. The van der Waals surface area contributed by atoms with Crippen molar-refractivity contribution >= 4 is 30.7 Å². The van der Waals surface area contributed by atoms with Gasteiger partial charge in [0.1, 0.15) is 11.5 Å². The normalized spacial score (nSPS) is 14.5. The summed E-state index contributed by atoms with van der Waals surface area (Å²) >= 11 is 4.38. The summed E-state index contributed by atoms with van der Waals surface area (Å²) in [6.45, 7) is 0.227. The molecule has 1 heterocycles. The van der Waals surface area contributed by atoms with Crippen LogP contribution in [0.15, 0.2) is 16.5 Å². The lowest BCUT2D eigenvalue weighted by Crippen LogP contribution is -2.31. The number of nitrogens with zero attached hydrogens (tertiary/aromatic N) is 1. The molecule has 1 aromatic carbocycles. The van der Waals surface area contributed by atoms with Gasteiger partial charge in [0.25, 0.3) is 0 Å². The van der Waals surface area contributed by atoms with Crippen molar-refractivity contribution in [1.82, 2.24) is 0 Å². The largest absolute Gasteiger partial charge is 0.494 e. The molecule has 2 rings (SSSR count). The summed E-state index contributed by atoms with van der Waals surface area (Å²) < 4.78 is 21.6. The van der Waals surface area contributed by atoms with Gasteiger partial charge in [-0.1, -0.05) is 6.07 Å². The summed E-state index contributed by atoms with van der Waals surface area (Å²) in [7, 11) is -1.19.